The summed E-state index contributed by atoms with van der Waals surface area (Å²) >= 11 is 3.36. The van der Waals surface area contributed by atoms with Crippen molar-refractivity contribution in [1.29, 1.82) is 0 Å². The summed E-state index contributed by atoms with van der Waals surface area (Å²) in [6.07, 6.45) is 0. The van der Waals surface area contributed by atoms with Crippen molar-refractivity contribution in [2.45, 2.75) is 0 Å². The van der Waals surface area contributed by atoms with E-state index in [-0.39, 0.29) is 11.6 Å². The zero-order valence-corrected chi connectivity index (χ0v) is 11.5. The number of nitrogens with zero attached hydrogens (tertiary/aromatic N) is 2. The van der Waals surface area contributed by atoms with Crippen LogP contribution in [0.1, 0.15) is 10.5 Å². The van der Waals surface area contributed by atoms with E-state index in [1.807, 2.05) is 0 Å². The van der Waals surface area contributed by atoms with Crippen molar-refractivity contribution in [3.63, 3.8) is 0 Å². The Morgan fingerprint density at radius 3 is 2.58 bits per heavy atom. The van der Waals surface area contributed by atoms with Crippen LogP contribution >= 0.6 is 15.9 Å². The molecule has 2 N–H and O–H groups in total. The zero-order chi connectivity index (χ0) is 13.8. The normalized spacial score (nSPS) is 10.0. The molecule has 0 saturated carbocycles. The minimum absolute atomic E-state index is 0.0844. The molecule has 0 saturated heterocycles. The first-order valence-corrected chi connectivity index (χ1v) is 6.04. The average Bonchev–Trinajstić information content (AvgIpc) is 2.41. The molecule has 0 bridgehead atoms. The fourth-order valence-electron chi connectivity index (χ4n) is 1.31. The predicted molar refractivity (Wildman–Crippen MR) is 71.3 cm³/mol. The summed E-state index contributed by atoms with van der Waals surface area (Å²) in [5.74, 6) is 0.886. The lowest BCUT2D eigenvalue weighted by Gasteiger charge is -2.07. The van der Waals surface area contributed by atoms with Gasteiger partial charge in [0.25, 0.3) is 5.91 Å². The van der Waals surface area contributed by atoms with Gasteiger partial charge in [-0.25, -0.2) is 0 Å². The Morgan fingerprint density at radius 1 is 1.26 bits per heavy atom. The molecule has 2 rings (SSSR count). The first-order chi connectivity index (χ1) is 9.10. The fourth-order valence-corrected chi connectivity index (χ4v) is 1.75. The van der Waals surface area contributed by atoms with Gasteiger partial charge in [0, 0.05) is 6.07 Å². The summed E-state index contributed by atoms with van der Waals surface area (Å²) in [6.45, 7) is 0. The lowest BCUT2D eigenvalue weighted by atomic mass is 10.3. The Hall–Kier alpha value is -2.15. The number of hydrogen-bond donors (Lipinski definition) is 1. The molecule has 6 nitrogen and oxygen atoms in total. The largest absolute Gasteiger partial charge is 0.497 e. The minimum Gasteiger partial charge on any atom is -0.497 e. The molecule has 1 aromatic heterocycles. The molecule has 1 heterocycles. The molecule has 0 aliphatic carbocycles. The smallest absolute Gasteiger partial charge is 0.269 e. The second-order valence-corrected chi connectivity index (χ2v) is 4.37. The Balaban J connectivity index is 2.19. The van der Waals surface area contributed by atoms with Gasteiger partial charge in [0.2, 0.25) is 5.88 Å². The van der Waals surface area contributed by atoms with Crippen LogP contribution in [-0.2, 0) is 0 Å². The van der Waals surface area contributed by atoms with E-state index in [2.05, 4.69) is 26.1 Å². The van der Waals surface area contributed by atoms with Gasteiger partial charge in [0.1, 0.15) is 11.5 Å². The van der Waals surface area contributed by atoms with E-state index in [9.17, 15) is 4.79 Å². The molecular weight excluding hydrogens is 314 g/mol. The van der Waals surface area contributed by atoms with Gasteiger partial charge in [-0.3, -0.25) is 4.79 Å². The van der Waals surface area contributed by atoms with E-state index >= 15 is 0 Å². The van der Waals surface area contributed by atoms with Gasteiger partial charge < -0.3 is 15.2 Å². The van der Waals surface area contributed by atoms with Crippen molar-refractivity contribution in [1.82, 2.24) is 10.2 Å². The monoisotopic (exact) mass is 323 g/mol. The molecule has 19 heavy (non-hydrogen) atoms. The van der Waals surface area contributed by atoms with Gasteiger partial charge in [-0.1, -0.05) is 0 Å². The van der Waals surface area contributed by atoms with Crippen molar-refractivity contribution in [2.24, 2.45) is 5.73 Å². The van der Waals surface area contributed by atoms with Gasteiger partial charge in [0.15, 0.2) is 5.69 Å². The standard InChI is InChI=1S/C12H10BrN3O3/c1-18-7-2-4-10(8(13)6-7)19-11-5-3-9(12(14)17)15-16-11/h2-6H,1H3,(H2,14,17). The zero-order valence-electron chi connectivity index (χ0n) is 9.96. The molecule has 0 unspecified atom stereocenters. The molecule has 98 valence electrons. The fraction of sp³-hybridized carbons (Fsp3) is 0.0833. The molecule has 0 aliphatic rings. The van der Waals surface area contributed by atoms with Gasteiger partial charge in [0.05, 0.1) is 11.6 Å². The second kappa shape index (κ2) is 5.66. The van der Waals surface area contributed by atoms with E-state index in [0.29, 0.717) is 16.0 Å². The minimum atomic E-state index is -0.635. The number of carbonyl (C=O) groups excluding carboxylic acids is 1. The number of halogens is 1. The molecule has 7 heteroatoms. The summed E-state index contributed by atoms with van der Waals surface area (Å²) in [6, 6.07) is 8.21. The van der Waals surface area contributed by atoms with Crippen LogP contribution in [0.25, 0.3) is 0 Å². The molecule has 1 amide bonds. The number of ether oxygens (including phenoxy) is 2. The van der Waals surface area contributed by atoms with Crippen molar-refractivity contribution < 1.29 is 14.3 Å². The van der Waals surface area contributed by atoms with E-state index in [0.717, 1.165) is 0 Å². The first kappa shape index (κ1) is 13.3. The van der Waals surface area contributed by atoms with Gasteiger partial charge in [-0.2, -0.15) is 0 Å². The molecule has 0 spiro atoms. The average molecular weight is 324 g/mol. The quantitative estimate of drug-likeness (QED) is 0.931. The van der Waals surface area contributed by atoms with Crippen molar-refractivity contribution in [3.8, 4) is 17.4 Å². The van der Waals surface area contributed by atoms with Crippen LogP contribution < -0.4 is 15.2 Å². The summed E-state index contributed by atoms with van der Waals surface area (Å²) < 4.78 is 11.3. The highest BCUT2D eigenvalue weighted by Gasteiger charge is 2.07. The van der Waals surface area contributed by atoms with Crippen molar-refractivity contribution >= 4 is 21.8 Å². The van der Waals surface area contributed by atoms with Crippen LogP contribution in [0, 0.1) is 0 Å². The number of carbonyl (C=O) groups is 1. The second-order valence-electron chi connectivity index (χ2n) is 3.52. The Labute approximate surface area is 117 Å². The van der Waals surface area contributed by atoms with Crippen LogP contribution in [0.2, 0.25) is 0 Å². The molecule has 1 aromatic carbocycles. The van der Waals surface area contributed by atoms with Crippen molar-refractivity contribution in [3.05, 3.63) is 40.5 Å². The van der Waals surface area contributed by atoms with Crippen LogP contribution in [0.4, 0.5) is 0 Å². The number of nitrogens with two attached hydrogens (primary N) is 1. The number of primary amides is 1. The molecule has 0 aliphatic heterocycles. The van der Waals surface area contributed by atoms with Crippen LogP contribution in [0.15, 0.2) is 34.8 Å². The topological polar surface area (TPSA) is 87.3 Å². The van der Waals surface area contributed by atoms with E-state index in [1.54, 1.807) is 25.3 Å². The van der Waals surface area contributed by atoms with Crippen LogP contribution in [-0.4, -0.2) is 23.2 Å². The summed E-state index contributed by atoms with van der Waals surface area (Å²) in [5, 5.41) is 7.40. The molecule has 2 aromatic rings. The summed E-state index contributed by atoms with van der Waals surface area (Å²) in [7, 11) is 1.58. The number of hydrogen-bond acceptors (Lipinski definition) is 5. The predicted octanol–water partition coefficient (Wildman–Crippen LogP) is 2.14. The third-order valence-electron chi connectivity index (χ3n) is 2.25. The molecular formula is C12H10BrN3O3. The van der Waals surface area contributed by atoms with Gasteiger partial charge in [-0.05, 0) is 40.2 Å². The number of rotatable bonds is 4. The molecule has 0 atom stereocenters. The van der Waals surface area contributed by atoms with E-state index in [1.165, 1.54) is 12.1 Å². The maximum atomic E-state index is 10.9. The SMILES string of the molecule is COc1ccc(Oc2ccc(C(N)=O)nn2)c(Br)c1. The third kappa shape index (κ3) is 3.19. The van der Waals surface area contributed by atoms with E-state index in [4.69, 9.17) is 15.2 Å². The van der Waals surface area contributed by atoms with Gasteiger partial charge >= 0.3 is 0 Å². The first-order valence-electron chi connectivity index (χ1n) is 5.25. The number of methoxy groups -OCH3 is 1. The third-order valence-corrected chi connectivity index (χ3v) is 2.87. The Morgan fingerprint density at radius 2 is 2.05 bits per heavy atom. The highest BCUT2D eigenvalue weighted by atomic mass is 79.9. The summed E-state index contributed by atoms with van der Waals surface area (Å²) in [4.78, 5) is 10.9. The molecule has 0 fully saturated rings. The highest BCUT2D eigenvalue weighted by Crippen LogP contribution is 2.31. The highest BCUT2D eigenvalue weighted by molar-refractivity contribution is 9.10. The number of aromatic nitrogens is 2. The van der Waals surface area contributed by atoms with Gasteiger partial charge in [-0.15, -0.1) is 10.2 Å². The van der Waals surface area contributed by atoms with Crippen molar-refractivity contribution in [2.75, 3.05) is 7.11 Å². The maximum Gasteiger partial charge on any atom is 0.269 e. The Bertz CT molecular complexity index is 602. The van der Waals surface area contributed by atoms with Crippen LogP contribution in [0.5, 0.6) is 17.4 Å². The molecule has 0 radical (unpaired) electrons. The number of benzene rings is 1. The summed E-state index contributed by atoms with van der Waals surface area (Å²) in [5.41, 5.74) is 5.15. The Kier molecular flexibility index (Phi) is 3.96. The number of amides is 1. The lowest BCUT2D eigenvalue weighted by Crippen LogP contribution is -2.13. The lowest BCUT2D eigenvalue weighted by molar-refractivity contribution is 0.0994. The van der Waals surface area contributed by atoms with Crippen LogP contribution in [0.3, 0.4) is 0 Å². The maximum absolute atomic E-state index is 10.9. The van der Waals surface area contributed by atoms with E-state index < -0.39 is 5.91 Å².